The highest BCUT2D eigenvalue weighted by atomic mass is 16.5. The van der Waals surface area contributed by atoms with Crippen LogP contribution < -0.4 is 5.32 Å². The van der Waals surface area contributed by atoms with Crippen molar-refractivity contribution in [2.75, 3.05) is 13.2 Å². The van der Waals surface area contributed by atoms with Gasteiger partial charge in [-0.2, -0.15) is 0 Å². The standard InChI is InChI=1S/C5H9NO/c1-2-7-5-3-6-4(1)5/h4-6H,1-3H2/t4-,5-/m0/s1. The number of hydrogen-bond acceptors (Lipinski definition) is 2. The molecule has 2 fully saturated rings. The van der Waals surface area contributed by atoms with Crippen LogP contribution in [0.25, 0.3) is 0 Å². The van der Waals surface area contributed by atoms with E-state index < -0.39 is 0 Å². The van der Waals surface area contributed by atoms with Crippen LogP contribution in [0.1, 0.15) is 6.42 Å². The molecule has 0 saturated carbocycles. The van der Waals surface area contributed by atoms with Crippen LogP contribution in [-0.4, -0.2) is 25.3 Å². The number of nitrogens with one attached hydrogen (secondary N) is 1. The van der Waals surface area contributed by atoms with Crippen molar-refractivity contribution >= 4 is 0 Å². The van der Waals surface area contributed by atoms with E-state index in [2.05, 4.69) is 5.32 Å². The van der Waals surface area contributed by atoms with Crippen LogP contribution in [-0.2, 0) is 4.74 Å². The molecule has 0 amide bonds. The fraction of sp³-hybridized carbons (Fsp3) is 1.00. The lowest BCUT2D eigenvalue weighted by Gasteiger charge is -2.29. The Balaban J connectivity index is 2.03. The van der Waals surface area contributed by atoms with E-state index in [0.717, 1.165) is 19.2 Å². The Bertz CT molecular complexity index is 74.1. The van der Waals surface area contributed by atoms with Crippen LogP contribution in [0.3, 0.4) is 0 Å². The molecule has 2 aliphatic rings. The second-order valence-corrected chi connectivity index (χ2v) is 2.21. The molecule has 0 radical (unpaired) electrons. The number of hydrogen-bond donors (Lipinski definition) is 1. The third-order valence-electron chi connectivity index (χ3n) is 1.79. The Morgan fingerprint density at radius 3 is 2.86 bits per heavy atom. The van der Waals surface area contributed by atoms with E-state index in [1.165, 1.54) is 6.42 Å². The Hall–Kier alpha value is -0.0800. The van der Waals surface area contributed by atoms with Crippen LogP contribution in [0.2, 0.25) is 0 Å². The zero-order valence-corrected chi connectivity index (χ0v) is 4.18. The number of fused-ring (bicyclic) bond motifs is 1. The summed E-state index contributed by atoms with van der Waals surface area (Å²) in [4.78, 5) is 0. The van der Waals surface area contributed by atoms with E-state index in [9.17, 15) is 0 Å². The van der Waals surface area contributed by atoms with E-state index in [-0.39, 0.29) is 0 Å². The Morgan fingerprint density at radius 2 is 2.57 bits per heavy atom. The Labute approximate surface area is 42.9 Å². The lowest BCUT2D eigenvalue weighted by Crippen LogP contribution is -2.54. The fourth-order valence-corrected chi connectivity index (χ4v) is 1.19. The minimum atomic E-state index is 0.583. The van der Waals surface area contributed by atoms with E-state index >= 15 is 0 Å². The summed E-state index contributed by atoms with van der Waals surface area (Å²) >= 11 is 0. The molecule has 40 valence electrons. The molecule has 2 rings (SSSR count). The first kappa shape index (κ1) is 3.87. The summed E-state index contributed by atoms with van der Waals surface area (Å²) in [6, 6.07) is 0.722. The molecule has 7 heavy (non-hydrogen) atoms. The predicted octanol–water partition coefficient (Wildman–Crippen LogP) is -0.253. The maximum absolute atomic E-state index is 5.29. The highest BCUT2D eigenvalue weighted by molar-refractivity contribution is 4.92. The summed E-state index contributed by atoms with van der Waals surface area (Å²) in [5, 5.41) is 3.28. The van der Waals surface area contributed by atoms with Gasteiger partial charge in [-0.25, -0.2) is 0 Å². The minimum Gasteiger partial charge on any atom is -0.375 e. The molecule has 0 bridgehead atoms. The lowest BCUT2D eigenvalue weighted by atomic mass is 10.0. The number of ether oxygens (including phenoxy) is 1. The molecule has 2 nitrogen and oxygen atoms in total. The summed E-state index contributed by atoms with van der Waals surface area (Å²) in [5.74, 6) is 0. The zero-order chi connectivity index (χ0) is 4.69. The van der Waals surface area contributed by atoms with Crippen LogP contribution in [0.5, 0.6) is 0 Å². The molecule has 0 aromatic rings. The molecule has 0 unspecified atom stereocenters. The van der Waals surface area contributed by atoms with Gasteiger partial charge in [-0.3, -0.25) is 0 Å². The minimum absolute atomic E-state index is 0.583. The molecule has 2 heterocycles. The van der Waals surface area contributed by atoms with Gasteiger partial charge in [0.2, 0.25) is 0 Å². The molecule has 1 N–H and O–H groups in total. The first-order valence-electron chi connectivity index (χ1n) is 2.82. The first-order chi connectivity index (χ1) is 3.47. The van der Waals surface area contributed by atoms with Crippen molar-refractivity contribution in [1.82, 2.24) is 5.32 Å². The topological polar surface area (TPSA) is 21.3 Å². The summed E-state index contributed by atoms with van der Waals surface area (Å²) in [5.41, 5.74) is 0. The van der Waals surface area contributed by atoms with Gasteiger partial charge in [0, 0.05) is 19.2 Å². The normalized spacial score (nSPS) is 48.0. The van der Waals surface area contributed by atoms with Gasteiger partial charge in [0.1, 0.15) is 0 Å². The first-order valence-corrected chi connectivity index (χ1v) is 2.82. The van der Waals surface area contributed by atoms with Crippen LogP contribution >= 0.6 is 0 Å². The van der Waals surface area contributed by atoms with Gasteiger partial charge >= 0.3 is 0 Å². The van der Waals surface area contributed by atoms with Gasteiger partial charge in [-0.05, 0) is 6.42 Å². The molecule has 0 aromatic heterocycles. The van der Waals surface area contributed by atoms with Gasteiger partial charge in [-0.15, -0.1) is 0 Å². The van der Waals surface area contributed by atoms with Crippen molar-refractivity contribution in [3.05, 3.63) is 0 Å². The highest BCUT2D eigenvalue weighted by Crippen LogP contribution is 2.18. The zero-order valence-electron chi connectivity index (χ0n) is 4.18. The predicted molar refractivity (Wildman–Crippen MR) is 26.1 cm³/mol. The van der Waals surface area contributed by atoms with Gasteiger partial charge in [0.15, 0.2) is 0 Å². The molecule has 0 spiro atoms. The second-order valence-electron chi connectivity index (χ2n) is 2.21. The van der Waals surface area contributed by atoms with E-state index in [4.69, 9.17) is 4.74 Å². The van der Waals surface area contributed by atoms with E-state index in [1.54, 1.807) is 0 Å². The Morgan fingerprint density at radius 1 is 1.57 bits per heavy atom. The molecule has 2 heteroatoms. The molecular weight excluding hydrogens is 90.1 g/mol. The van der Waals surface area contributed by atoms with Crippen LogP contribution in [0.4, 0.5) is 0 Å². The van der Waals surface area contributed by atoms with Gasteiger partial charge in [-0.1, -0.05) is 0 Å². The number of rotatable bonds is 0. The van der Waals surface area contributed by atoms with Gasteiger partial charge in [0.05, 0.1) is 6.10 Å². The van der Waals surface area contributed by atoms with Crippen LogP contribution in [0, 0.1) is 0 Å². The molecule has 2 saturated heterocycles. The quantitative estimate of drug-likeness (QED) is 0.452. The van der Waals surface area contributed by atoms with Crippen LogP contribution in [0.15, 0.2) is 0 Å². The van der Waals surface area contributed by atoms with Crippen molar-refractivity contribution in [3.63, 3.8) is 0 Å². The third kappa shape index (κ3) is 0.409. The van der Waals surface area contributed by atoms with E-state index in [1.807, 2.05) is 0 Å². The van der Waals surface area contributed by atoms with Crippen molar-refractivity contribution in [3.8, 4) is 0 Å². The summed E-state index contributed by atoms with van der Waals surface area (Å²) in [6.45, 7) is 2.06. The van der Waals surface area contributed by atoms with Crippen molar-refractivity contribution < 1.29 is 4.74 Å². The molecule has 2 atom stereocenters. The van der Waals surface area contributed by atoms with E-state index in [0.29, 0.717) is 6.10 Å². The maximum Gasteiger partial charge on any atom is 0.0853 e. The average Bonchev–Trinajstić information content (AvgIpc) is 1.85. The third-order valence-corrected chi connectivity index (χ3v) is 1.79. The molecule has 0 aromatic carbocycles. The summed E-state index contributed by atoms with van der Waals surface area (Å²) in [6.07, 6.45) is 1.81. The van der Waals surface area contributed by atoms with Crippen molar-refractivity contribution in [2.45, 2.75) is 18.6 Å². The van der Waals surface area contributed by atoms with Gasteiger partial charge < -0.3 is 10.1 Å². The Kier molecular flexibility index (Phi) is 0.664. The highest BCUT2D eigenvalue weighted by Gasteiger charge is 2.35. The van der Waals surface area contributed by atoms with Gasteiger partial charge in [0.25, 0.3) is 0 Å². The lowest BCUT2D eigenvalue weighted by molar-refractivity contribution is 0.0584. The maximum atomic E-state index is 5.29. The SMILES string of the molecule is C1C[C@@H]2NC[C@@H]2O1. The smallest absolute Gasteiger partial charge is 0.0853 e. The second kappa shape index (κ2) is 1.20. The summed E-state index contributed by atoms with van der Waals surface area (Å²) in [7, 11) is 0. The fourth-order valence-electron chi connectivity index (χ4n) is 1.19. The average molecular weight is 99.1 g/mol. The monoisotopic (exact) mass is 99.1 g/mol. The van der Waals surface area contributed by atoms with Crippen molar-refractivity contribution in [2.24, 2.45) is 0 Å². The van der Waals surface area contributed by atoms with Crippen molar-refractivity contribution in [1.29, 1.82) is 0 Å². The summed E-state index contributed by atoms with van der Waals surface area (Å²) < 4.78 is 5.29. The molecular formula is C5H9NO. The molecule has 0 aliphatic carbocycles. The molecule has 2 aliphatic heterocycles. The largest absolute Gasteiger partial charge is 0.375 e.